The van der Waals surface area contributed by atoms with Crippen LogP contribution in [0.25, 0.3) is 0 Å². The third-order valence-electron chi connectivity index (χ3n) is 2.45. The predicted octanol–water partition coefficient (Wildman–Crippen LogP) is 4.75. The highest BCUT2D eigenvalue weighted by molar-refractivity contribution is 9.11. The Labute approximate surface area is 117 Å². The first-order valence-corrected chi connectivity index (χ1v) is 6.73. The number of hydrogen-bond donors (Lipinski definition) is 0. The molecule has 0 atom stereocenters. The standard InChI is InChI=1S/C14H10Br2O/c1-9-3-2-4-10(7-9)14(17)12-8-11(15)5-6-13(12)16/h2-8H,1H3. The highest BCUT2D eigenvalue weighted by atomic mass is 79.9. The molecule has 0 amide bonds. The minimum Gasteiger partial charge on any atom is -0.289 e. The Balaban J connectivity index is 2.47. The molecule has 0 aliphatic heterocycles. The fourth-order valence-electron chi connectivity index (χ4n) is 1.61. The van der Waals surface area contributed by atoms with Crippen LogP contribution in [-0.4, -0.2) is 5.78 Å². The van der Waals surface area contributed by atoms with Crippen LogP contribution in [0.2, 0.25) is 0 Å². The van der Waals surface area contributed by atoms with E-state index in [-0.39, 0.29) is 5.78 Å². The van der Waals surface area contributed by atoms with Gasteiger partial charge in [0.25, 0.3) is 0 Å². The maximum atomic E-state index is 12.3. The van der Waals surface area contributed by atoms with Crippen molar-refractivity contribution in [2.75, 3.05) is 0 Å². The van der Waals surface area contributed by atoms with Crippen molar-refractivity contribution in [1.29, 1.82) is 0 Å². The second kappa shape index (κ2) is 5.15. The number of carbonyl (C=O) groups is 1. The van der Waals surface area contributed by atoms with Crippen molar-refractivity contribution in [3.8, 4) is 0 Å². The van der Waals surface area contributed by atoms with Gasteiger partial charge in [0.1, 0.15) is 0 Å². The summed E-state index contributed by atoms with van der Waals surface area (Å²) in [7, 11) is 0. The summed E-state index contributed by atoms with van der Waals surface area (Å²) in [5.41, 5.74) is 2.47. The Kier molecular flexibility index (Phi) is 3.79. The highest BCUT2D eigenvalue weighted by Crippen LogP contribution is 2.24. The zero-order valence-corrected chi connectivity index (χ0v) is 12.4. The van der Waals surface area contributed by atoms with E-state index in [0.717, 1.165) is 14.5 Å². The first kappa shape index (κ1) is 12.5. The van der Waals surface area contributed by atoms with Crippen LogP contribution >= 0.6 is 31.9 Å². The van der Waals surface area contributed by atoms with E-state index in [4.69, 9.17) is 0 Å². The van der Waals surface area contributed by atoms with E-state index >= 15 is 0 Å². The molecule has 0 saturated carbocycles. The molecular weight excluding hydrogens is 344 g/mol. The molecule has 2 rings (SSSR count). The smallest absolute Gasteiger partial charge is 0.194 e. The van der Waals surface area contributed by atoms with E-state index in [1.807, 2.05) is 49.4 Å². The van der Waals surface area contributed by atoms with Crippen molar-refractivity contribution < 1.29 is 4.79 Å². The zero-order valence-electron chi connectivity index (χ0n) is 9.21. The molecule has 86 valence electrons. The van der Waals surface area contributed by atoms with Crippen LogP contribution < -0.4 is 0 Å². The molecule has 0 unspecified atom stereocenters. The third-order valence-corrected chi connectivity index (χ3v) is 3.64. The predicted molar refractivity (Wildman–Crippen MR) is 76.5 cm³/mol. The lowest BCUT2D eigenvalue weighted by molar-refractivity contribution is 0.103. The largest absolute Gasteiger partial charge is 0.289 e. The molecule has 0 saturated heterocycles. The summed E-state index contributed by atoms with van der Waals surface area (Å²) in [4.78, 5) is 12.3. The summed E-state index contributed by atoms with van der Waals surface area (Å²) in [5.74, 6) is 0.0295. The van der Waals surface area contributed by atoms with E-state index in [2.05, 4.69) is 31.9 Å². The van der Waals surface area contributed by atoms with Gasteiger partial charge in [-0.1, -0.05) is 55.6 Å². The lowest BCUT2D eigenvalue weighted by Gasteiger charge is -2.05. The quantitative estimate of drug-likeness (QED) is 0.712. The molecule has 0 aliphatic carbocycles. The van der Waals surface area contributed by atoms with Gasteiger partial charge in [-0.2, -0.15) is 0 Å². The summed E-state index contributed by atoms with van der Waals surface area (Å²) in [6.07, 6.45) is 0. The summed E-state index contributed by atoms with van der Waals surface area (Å²) in [6.45, 7) is 1.98. The van der Waals surface area contributed by atoms with Crippen LogP contribution in [0, 0.1) is 6.92 Å². The topological polar surface area (TPSA) is 17.1 Å². The van der Waals surface area contributed by atoms with E-state index in [0.29, 0.717) is 11.1 Å². The highest BCUT2D eigenvalue weighted by Gasteiger charge is 2.12. The number of rotatable bonds is 2. The maximum Gasteiger partial charge on any atom is 0.194 e. The first-order valence-electron chi connectivity index (χ1n) is 5.14. The monoisotopic (exact) mass is 352 g/mol. The molecular formula is C14H10Br2O. The van der Waals surface area contributed by atoms with Crippen molar-refractivity contribution in [2.45, 2.75) is 6.92 Å². The Morgan fingerprint density at radius 1 is 1.06 bits per heavy atom. The van der Waals surface area contributed by atoms with E-state index in [1.165, 1.54) is 0 Å². The van der Waals surface area contributed by atoms with E-state index in [9.17, 15) is 4.79 Å². The van der Waals surface area contributed by atoms with Crippen molar-refractivity contribution in [2.24, 2.45) is 0 Å². The minimum atomic E-state index is 0.0295. The van der Waals surface area contributed by atoms with Crippen LogP contribution in [0.3, 0.4) is 0 Å². The Morgan fingerprint density at radius 2 is 1.82 bits per heavy atom. The summed E-state index contributed by atoms with van der Waals surface area (Å²) in [5, 5.41) is 0. The molecule has 0 aromatic heterocycles. The van der Waals surface area contributed by atoms with Gasteiger partial charge < -0.3 is 0 Å². The fraction of sp³-hybridized carbons (Fsp3) is 0.0714. The Hall–Kier alpha value is -0.930. The summed E-state index contributed by atoms with van der Waals surface area (Å²) < 4.78 is 1.71. The van der Waals surface area contributed by atoms with Gasteiger partial charge in [0.15, 0.2) is 5.78 Å². The third kappa shape index (κ3) is 2.85. The minimum absolute atomic E-state index is 0.0295. The summed E-state index contributed by atoms with van der Waals surface area (Å²) >= 11 is 6.78. The molecule has 0 fully saturated rings. The molecule has 0 aliphatic rings. The van der Waals surface area contributed by atoms with Gasteiger partial charge in [-0.15, -0.1) is 0 Å². The molecule has 1 nitrogen and oxygen atoms in total. The Morgan fingerprint density at radius 3 is 2.53 bits per heavy atom. The average molecular weight is 354 g/mol. The van der Waals surface area contributed by atoms with Crippen LogP contribution in [0.4, 0.5) is 0 Å². The molecule has 0 N–H and O–H groups in total. The van der Waals surface area contributed by atoms with Crippen LogP contribution in [-0.2, 0) is 0 Å². The molecule has 3 heteroatoms. The van der Waals surface area contributed by atoms with E-state index < -0.39 is 0 Å². The summed E-state index contributed by atoms with van der Waals surface area (Å²) in [6, 6.07) is 13.2. The van der Waals surface area contributed by atoms with Gasteiger partial charge in [-0.3, -0.25) is 4.79 Å². The second-order valence-electron chi connectivity index (χ2n) is 3.82. The van der Waals surface area contributed by atoms with E-state index in [1.54, 1.807) is 0 Å². The van der Waals surface area contributed by atoms with Crippen LogP contribution in [0.5, 0.6) is 0 Å². The molecule has 0 spiro atoms. The molecule has 0 radical (unpaired) electrons. The average Bonchev–Trinajstić information content (AvgIpc) is 2.31. The molecule has 0 bridgehead atoms. The SMILES string of the molecule is Cc1cccc(C(=O)c2cc(Br)ccc2Br)c1. The lowest BCUT2D eigenvalue weighted by atomic mass is 10.0. The Bertz CT molecular complexity index is 576. The van der Waals surface area contributed by atoms with Crippen molar-refractivity contribution in [3.63, 3.8) is 0 Å². The van der Waals surface area contributed by atoms with Crippen LogP contribution in [0.15, 0.2) is 51.4 Å². The zero-order chi connectivity index (χ0) is 12.4. The van der Waals surface area contributed by atoms with Crippen molar-refractivity contribution in [3.05, 3.63) is 68.1 Å². The second-order valence-corrected chi connectivity index (χ2v) is 5.59. The molecule has 0 heterocycles. The maximum absolute atomic E-state index is 12.3. The van der Waals surface area contributed by atoms with Crippen molar-refractivity contribution in [1.82, 2.24) is 0 Å². The molecule has 17 heavy (non-hydrogen) atoms. The van der Waals surface area contributed by atoms with Gasteiger partial charge in [0, 0.05) is 20.1 Å². The molecule has 2 aromatic rings. The number of ketones is 1. The van der Waals surface area contributed by atoms with Gasteiger partial charge in [0.2, 0.25) is 0 Å². The first-order chi connectivity index (χ1) is 8.08. The van der Waals surface area contributed by atoms with Gasteiger partial charge in [0.05, 0.1) is 0 Å². The van der Waals surface area contributed by atoms with Gasteiger partial charge in [-0.25, -0.2) is 0 Å². The number of benzene rings is 2. The normalized spacial score (nSPS) is 10.3. The number of carbonyl (C=O) groups excluding carboxylic acids is 1. The van der Waals surface area contributed by atoms with Crippen LogP contribution in [0.1, 0.15) is 21.5 Å². The van der Waals surface area contributed by atoms with Crippen molar-refractivity contribution >= 4 is 37.6 Å². The number of hydrogen-bond acceptors (Lipinski definition) is 1. The molecule has 2 aromatic carbocycles. The van der Waals surface area contributed by atoms with Gasteiger partial charge >= 0.3 is 0 Å². The number of halogens is 2. The lowest BCUT2D eigenvalue weighted by Crippen LogP contribution is -2.02. The van der Waals surface area contributed by atoms with Gasteiger partial charge in [-0.05, 0) is 31.2 Å². The number of aryl methyl sites for hydroxylation is 1. The fourth-order valence-corrected chi connectivity index (χ4v) is 2.40.